The van der Waals surface area contributed by atoms with E-state index in [9.17, 15) is 19.5 Å². The molecule has 346 valence electrons. The van der Waals surface area contributed by atoms with Crippen LogP contribution < -0.4 is 15.4 Å². The van der Waals surface area contributed by atoms with Crippen molar-refractivity contribution in [2.24, 2.45) is 11.8 Å². The number of carbonyl (C=O) groups excluding carboxylic acids is 3. The quantitative estimate of drug-likeness (QED) is 0.0818. The van der Waals surface area contributed by atoms with E-state index in [1.807, 2.05) is 31.0 Å². The number of imidazole rings is 2. The van der Waals surface area contributed by atoms with E-state index in [0.29, 0.717) is 12.5 Å². The molecule has 4 aliphatic heterocycles. The first-order valence-electron chi connectivity index (χ1n) is 23.3. The molecule has 0 radical (unpaired) electrons. The topological polar surface area (TPSA) is 196 Å². The third-order valence-electron chi connectivity index (χ3n) is 14.5. The molecule has 5 aromatic rings. The molecule has 0 saturated carbocycles. The number of amides is 3. The van der Waals surface area contributed by atoms with E-state index in [-0.39, 0.29) is 36.0 Å². The molecular weight excluding hydrogens is 829 g/mol. The molecule has 0 spiro atoms. The maximum atomic E-state index is 14.2. The molecule has 3 amide bonds. The number of H-pyrrole nitrogens is 2. The Hall–Kier alpha value is -5.71. The fraction of sp³-hybridized carbons (Fsp3) is 0.531. The van der Waals surface area contributed by atoms with Crippen molar-refractivity contribution in [3.63, 3.8) is 0 Å². The number of hydrogen-bond acceptors (Lipinski definition) is 11. The fourth-order valence-corrected chi connectivity index (χ4v) is 10.7. The average molecular weight is 891 g/mol. The van der Waals surface area contributed by atoms with Gasteiger partial charge in [0.05, 0.1) is 55.3 Å². The van der Waals surface area contributed by atoms with Crippen molar-refractivity contribution in [2.75, 3.05) is 27.4 Å². The molecule has 0 aliphatic carbocycles. The molecule has 3 fully saturated rings. The molecule has 9 rings (SSSR count). The molecular formula is C49H62N8O8. The second-order valence-electron chi connectivity index (χ2n) is 18.5. The molecule has 4 aliphatic rings. The van der Waals surface area contributed by atoms with E-state index < -0.39 is 30.5 Å². The molecule has 0 bridgehead atoms. The molecule has 65 heavy (non-hydrogen) atoms. The number of methoxy groups -OCH3 is 2. The van der Waals surface area contributed by atoms with E-state index in [2.05, 4.69) is 68.8 Å². The van der Waals surface area contributed by atoms with Gasteiger partial charge in [-0.05, 0) is 117 Å². The lowest BCUT2D eigenvalue weighted by atomic mass is 9.92. The Morgan fingerprint density at radius 2 is 1.74 bits per heavy atom. The van der Waals surface area contributed by atoms with Crippen LogP contribution in [-0.4, -0.2) is 111 Å². The summed E-state index contributed by atoms with van der Waals surface area (Å²) < 4.78 is 22.0. The van der Waals surface area contributed by atoms with E-state index in [0.717, 1.165) is 132 Å². The van der Waals surface area contributed by atoms with Crippen LogP contribution in [0.4, 0.5) is 9.59 Å². The van der Waals surface area contributed by atoms with Gasteiger partial charge in [-0.1, -0.05) is 38.5 Å². The van der Waals surface area contributed by atoms with Crippen molar-refractivity contribution in [1.82, 2.24) is 40.4 Å². The predicted octanol–water partition coefficient (Wildman–Crippen LogP) is 7.87. The summed E-state index contributed by atoms with van der Waals surface area (Å²) in [5.74, 6) is 2.48. The van der Waals surface area contributed by atoms with Gasteiger partial charge in [-0.2, -0.15) is 0 Å². The van der Waals surface area contributed by atoms with Crippen LogP contribution in [0.3, 0.4) is 0 Å². The van der Waals surface area contributed by atoms with Crippen LogP contribution in [0.2, 0.25) is 0 Å². The van der Waals surface area contributed by atoms with E-state index in [1.165, 1.54) is 14.2 Å². The van der Waals surface area contributed by atoms with Gasteiger partial charge in [0.15, 0.2) is 0 Å². The number of rotatable bonds is 12. The van der Waals surface area contributed by atoms with Gasteiger partial charge in [0, 0.05) is 36.2 Å². The lowest BCUT2D eigenvalue weighted by molar-refractivity contribution is -0.137. The third-order valence-corrected chi connectivity index (χ3v) is 14.5. The Balaban J connectivity index is 0.961. The van der Waals surface area contributed by atoms with Crippen LogP contribution in [0.5, 0.6) is 5.75 Å². The summed E-state index contributed by atoms with van der Waals surface area (Å²) >= 11 is 0. The standard InChI is InChI=1S/C49H62N8O8/c1-7-26(2)42(55-49(61)63-6)47(59)56-27(3)10-16-40(56)45-52-37-15-12-30-21-36-34-14-11-31(20-32(34)25-65-41(36)22-35(30)43(37)54-45)38-23-50-44(53-38)39-17-13-33(19-29-9-8-18-64-24-29)57(39)46(58)28(4)51-48(60)62-5/h11-12,14-15,20-23,26-29,33,39-40,42,46,58H,7-10,13,16-19,24-25H2,1-6H3,(H,50,53)(H,51,60)(H,52,54)(H,55,61)/t26-,27-,28-,29?,33+,39?,40-,42?,46?/m0/s1. The van der Waals surface area contributed by atoms with E-state index in [1.54, 1.807) is 6.92 Å². The number of hydrogen-bond donors (Lipinski definition) is 5. The summed E-state index contributed by atoms with van der Waals surface area (Å²) in [5, 5.41) is 19.3. The van der Waals surface area contributed by atoms with Gasteiger partial charge in [0.1, 0.15) is 36.3 Å². The first-order valence-corrected chi connectivity index (χ1v) is 23.3. The number of aromatic nitrogens is 4. The number of ether oxygens (including phenoxy) is 4. The van der Waals surface area contributed by atoms with Crippen LogP contribution in [0.25, 0.3) is 44.2 Å². The van der Waals surface area contributed by atoms with Crippen LogP contribution in [0, 0.1) is 11.8 Å². The zero-order chi connectivity index (χ0) is 45.5. The highest BCUT2D eigenvalue weighted by molar-refractivity contribution is 6.07. The monoisotopic (exact) mass is 890 g/mol. The number of nitrogens with one attached hydrogen (secondary N) is 4. The summed E-state index contributed by atoms with van der Waals surface area (Å²) in [6.07, 6.45) is 6.76. The van der Waals surface area contributed by atoms with Gasteiger partial charge in [-0.3, -0.25) is 9.69 Å². The Kier molecular flexibility index (Phi) is 12.8. The number of benzene rings is 3. The molecule has 16 nitrogen and oxygen atoms in total. The fourth-order valence-electron chi connectivity index (χ4n) is 10.7. The van der Waals surface area contributed by atoms with E-state index in [4.69, 9.17) is 28.9 Å². The highest BCUT2D eigenvalue weighted by Gasteiger charge is 2.44. The highest BCUT2D eigenvalue weighted by Crippen LogP contribution is 2.45. The number of aromatic amines is 2. The Bertz CT molecular complexity index is 2550. The zero-order valence-electron chi connectivity index (χ0n) is 38.2. The first-order chi connectivity index (χ1) is 31.5. The summed E-state index contributed by atoms with van der Waals surface area (Å²) in [6, 6.07) is 13.1. The molecule has 16 heteroatoms. The second-order valence-corrected chi connectivity index (χ2v) is 18.5. The number of carbonyl (C=O) groups is 3. The maximum absolute atomic E-state index is 14.2. The molecule has 9 atom stereocenters. The van der Waals surface area contributed by atoms with Crippen LogP contribution >= 0.6 is 0 Å². The number of alkyl carbamates (subject to hydrolysis) is 2. The number of aliphatic hydroxyl groups is 1. The van der Waals surface area contributed by atoms with Gasteiger partial charge in [0.2, 0.25) is 5.91 Å². The van der Waals surface area contributed by atoms with Crippen molar-refractivity contribution >= 4 is 39.9 Å². The molecule has 5 N–H and O–H groups in total. The largest absolute Gasteiger partial charge is 0.488 e. The number of aliphatic hydroxyl groups excluding tert-OH is 1. The highest BCUT2D eigenvalue weighted by atomic mass is 16.5. The number of fused-ring (bicyclic) bond motifs is 6. The second kappa shape index (κ2) is 18.6. The van der Waals surface area contributed by atoms with Crippen LogP contribution in [0.1, 0.15) is 108 Å². The van der Waals surface area contributed by atoms with Gasteiger partial charge in [-0.15, -0.1) is 0 Å². The SMILES string of the molecule is CC[C@H](C)C(NC(=O)OC)C(=O)N1[C@@H](C)CC[C@H]1c1nc2c(ccc3cc4c(cc32)OCc2cc(-c3cnc(C5CC[C@H](CC6CCCOC6)N5C(O)[C@H](C)NC(=O)OC)[nH]3)ccc2-4)[nH]1. The molecule has 4 unspecified atom stereocenters. The van der Waals surface area contributed by atoms with Crippen molar-refractivity contribution < 1.29 is 38.4 Å². The first kappa shape index (κ1) is 44.5. The average Bonchev–Trinajstić information content (AvgIpc) is 4.15. The molecule has 3 saturated heterocycles. The summed E-state index contributed by atoms with van der Waals surface area (Å²) in [7, 11) is 2.63. The van der Waals surface area contributed by atoms with Crippen molar-refractivity contribution in [1.29, 1.82) is 0 Å². The van der Waals surface area contributed by atoms with Crippen molar-refractivity contribution in [2.45, 2.75) is 128 Å². The van der Waals surface area contributed by atoms with E-state index >= 15 is 0 Å². The Morgan fingerprint density at radius 3 is 2.51 bits per heavy atom. The summed E-state index contributed by atoms with van der Waals surface area (Å²) in [5.41, 5.74) is 6.69. The van der Waals surface area contributed by atoms with Gasteiger partial charge in [-0.25, -0.2) is 19.6 Å². The van der Waals surface area contributed by atoms with Gasteiger partial charge >= 0.3 is 12.2 Å². The molecule has 2 aromatic heterocycles. The minimum absolute atomic E-state index is 0.0248. The normalized spacial score (nSPS) is 23.9. The van der Waals surface area contributed by atoms with Gasteiger partial charge in [0.25, 0.3) is 0 Å². The maximum Gasteiger partial charge on any atom is 0.407 e. The van der Waals surface area contributed by atoms with Crippen molar-refractivity contribution in [3.05, 3.63) is 65.9 Å². The van der Waals surface area contributed by atoms with Gasteiger partial charge < -0.3 is 49.6 Å². The Morgan fingerprint density at radius 1 is 0.938 bits per heavy atom. The Labute approximate surface area is 379 Å². The smallest absolute Gasteiger partial charge is 0.407 e. The zero-order valence-corrected chi connectivity index (χ0v) is 38.2. The summed E-state index contributed by atoms with van der Waals surface area (Å²) in [6.45, 7) is 9.73. The van der Waals surface area contributed by atoms with Crippen molar-refractivity contribution in [3.8, 4) is 28.1 Å². The minimum atomic E-state index is -0.948. The predicted molar refractivity (Wildman–Crippen MR) is 245 cm³/mol. The third kappa shape index (κ3) is 8.63. The number of likely N-dealkylation sites (tertiary alicyclic amines) is 2. The lowest BCUT2D eigenvalue weighted by Crippen LogP contribution is -2.53. The number of nitrogens with zero attached hydrogens (tertiary/aromatic N) is 4. The molecule has 6 heterocycles. The minimum Gasteiger partial charge on any atom is -0.488 e. The van der Waals surface area contributed by atoms with Crippen LogP contribution in [-0.2, 0) is 25.6 Å². The molecule has 3 aromatic carbocycles. The summed E-state index contributed by atoms with van der Waals surface area (Å²) in [4.78, 5) is 59.8. The lowest BCUT2D eigenvalue weighted by Gasteiger charge is -2.38. The van der Waals surface area contributed by atoms with Crippen LogP contribution in [0.15, 0.2) is 48.7 Å².